The average Bonchev–Trinajstić information content (AvgIpc) is 2.76. The van der Waals surface area contributed by atoms with Crippen LogP contribution in [0, 0.1) is 0 Å². The number of hydrogen-bond acceptors (Lipinski definition) is 6. The molecule has 0 aromatic heterocycles. The van der Waals surface area contributed by atoms with E-state index in [1.807, 2.05) is 30.3 Å². The highest BCUT2D eigenvalue weighted by Crippen LogP contribution is 2.39. The number of ether oxygens (including phenoxy) is 3. The van der Waals surface area contributed by atoms with Gasteiger partial charge in [-0.25, -0.2) is 0 Å². The van der Waals surface area contributed by atoms with Gasteiger partial charge in [-0.05, 0) is 46.4 Å². The predicted molar refractivity (Wildman–Crippen MR) is 127 cm³/mol. The molecule has 0 saturated heterocycles. The zero-order valence-corrected chi connectivity index (χ0v) is 20.1. The summed E-state index contributed by atoms with van der Waals surface area (Å²) in [5, 5.41) is 22.9. The van der Waals surface area contributed by atoms with Gasteiger partial charge in [0.1, 0.15) is 5.75 Å². The summed E-state index contributed by atoms with van der Waals surface area (Å²) in [5.74, 6) is 0.371. The predicted octanol–water partition coefficient (Wildman–Crippen LogP) is 4.14. The van der Waals surface area contributed by atoms with Crippen LogP contribution in [0.5, 0.6) is 17.2 Å². The number of carbonyl (C=O) groups is 1. The number of nitrogens with one attached hydrogen (secondary N) is 1. The number of amides is 1. The normalized spacial score (nSPS) is 12.4. The van der Waals surface area contributed by atoms with Crippen LogP contribution in [0.15, 0.2) is 46.1 Å². The number of phenols is 1. The van der Waals surface area contributed by atoms with Crippen molar-refractivity contribution in [3.63, 3.8) is 0 Å². The highest BCUT2D eigenvalue weighted by molar-refractivity contribution is 14.1. The van der Waals surface area contributed by atoms with E-state index in [4.69, 9.17) is 25.8 Å². The molecule has 2 rings (SSSR count). The molecule has 0 aliphatic heterocycles. The number of hydrogen-bond donors (Lipinski definition) is 3. The van der Waals surface area contributed by atoms with Gasteiger partial charge in [-0.2, -0.15) is 0 Å². The molecule has 9 heteroatoms. The molecule has 0 bridgehead atoms. The van der Waals surface area contributed by atoms with Crippen molar-refractivity contribution in [1.29, 1.82) is 0 Å². The molecule has 1 atom stereocenters. The van der Waals surface area contributed by atoms with Crippen molar-refractivity contribution in [2.45, 2.75) is 19.1 Å². The smallest absolute Gasteiger partial charge is 0.223 e. The molecule has 31 heavy (non-hydrogen) atoms. The number of phenolic OH excluding ortho intramolecular Hbond substituents is 1. The van der Waals surface area contributed by atoms with E-state index in [1.165, 1.54) is 19.2 Å². The zero-order valence-electron chi connectivity index (χ0n) is 17.2. The van der Waals surface area contributed by atoms with Gasteiger partial charge in [0.05, 0.1) is 45.0 Å². The monoisotopic (exact) mass is 561 g/mol. The summed E-state index contributed by atoms with van der Waals surface area (Å²) in [6, 6.07) is 10.6. The van der Waals surface area contributed by atoms with E-state index in [0.717, 1.165) is 14.9 Å². The molecule has 3 N–H and O–H groups in total. The number of aromatic hydroxyl groups is 1. The second-order valence-corrected chi connectivity index (χ2v) is 8.30. The van der Waals surface area contributed by atoms with E-state index in [-0.39, 0.29) is 34.4 Å². The lowest BCUT2D eigenvalue weighted by atomic mass is 10.1. The lowest BCUT2D eigenvalue weighted by Crippen LogP contribution is -2.25. The van der Waals surface area contributed by atoms with Gasteiger partial charge in [-0.3, -0.25) is 4.79 Å². The summed E-state index contributed by atoms with van der Waals surface area (Å²) in [4.78, 5) is 12.1. The summed E-state index contributed by atoms with van der Waals surface area (Å²) < 4.78 is 16.7. The summed E-state index contributed by atoms with van der Waals surface area (Å²) in [7, 11) is 3.02. The lowest BCUT2D eigenvalue weighted by Gasteiger charge is -2.15. The molecule has 7 nitrogen and oxygen atoms in total. The van der Waals surface area contributed by atoms with Gasteiger partial charge in [0.2, 0.25) is 5.91 Å². The Balaban J connectivity index is 1.74. The quantitative estimate of drug-likeness (QED) is 0.357. The Labute approximate surface area is 200 Å². The van der Waals surface area contributed by atoms with E-state index >= 15 is 0 Å². The number of halogens is 2. The largest absolute Gasteiger partial charge is 0.503 e. The van der Waals surface area contributed by atoms with Crippen LogP contribution >= 0.6 is 34.2 Å². The van der Waals surface area contributed by atoms with E-state index < -0.39 is 6.10 Å². The minimum Gasteiger partial charge on any atom is -0.503 e. The SMILES string of the molecule is COc1ccc(COC/C(I)=C\CNC(=O)C[C@@H](O)c2ccc(OC)c(O)c2Cl)cc1. The number of aliphatic hydroxyl groups excluding tert-OH is 1. The van der Waals surface area contributed by atoms with Crippen molar-refractivity contribution in [2.24, 2.45) is 0 Å². The molecule has 0 unspecified atom stereocenters. The first-order valence-electron chi connectivity index (χ1n) is 9.41. The van der Waals surface area contributed by atoms with Crippen molar-refractivity contribution in [2.75, 3.05) is 27.4 Å². The summed E-state index contributed by atoms with van der Waals surface area (Å²) >= 11 is 8.21. The fourth-order valence-corrected chi connectivity index (χ4v) is 3.39. The number of carbonyl (C=O) groups excluding carboxylic acids is 1. The van der Waals surface area contributed by atoms with Crippen molar-refractivity contribution in [1.82, 2.24) is 5.32 Å². The van der Waals surface area contributed by atoms with Gasteiger partial charge in [0, 0.05) is 15.7 Å². The van der Waals surface area contributed by atoms with Gasteiger partial charge >= 0.3 is 0 Å². The highest BCUT2D eigenvalue weighted by atomic mass is 127. The van der Waals surface area contributed by atoms with Gasteiger partial charge in [0.25, 0.3) is 0 Å². The van der Waals surface area contributed by atoms with Crippen LogP contribution in [-0.2, 0) is 16.1 Å². The number of aliphatic hydroxyl groups is 1. The molecule has 0 heterocycles. The third-order valence-electron chi connectivity index (χ3n) is 4.36. The minimum absolute atomic E-state index is 0.0388. The second kappa shape index (κ2) is 12.7. The van der Waals surface area contributed by atoms with E-state index in [1.54, 1.807) is 7.11 Å². The van der Waals surface area contributed by atoms with Gasteiger partial charge in [-0.1, -0.05) is 35.9 Å². The fraction of sp³-hybridized carbons (Fsp3) is 0.318. The van der Waals surface area contributed by atoms with Crippen LogP contribution in [0.1, 0.15) is 23.7 Å². The first-order chi connectivity index (χ1) is 14.8. The van der Waals surface area contributed by atoms with Crippen LogP contribution in [0.2, 0.25) is 5.02 Å². The Morgan fingerprint density at radius 3 is 2.55 bits per heavy atom. The molecular formula is C22H25ClINO6. The third kappa shape index (κ3) is 7.88. The maximum atomic E-state index is 12.1. The van der Waals surface area contributed by atoms with Crippen molar-refractivity contribution in [3.8, 4) is 17.2 Å². The van der Waals surface area contributed by atoms with Crippen molar-refractivity contribution < 1.29 is 29.2 Å². The maximum absolute atomic E-state index is 12.1. The lowest BCUT2D eigenvalue weighted by molar-refractivity contribution is -0.122. The Hall–Kier alpha value is -2.01. The van der Waals surface area contributed by atoms with E-state index in [0.29, 0.717) is 19.8 Å². The molecule has 1 amide bonds. The maximum Gasteiger partial charge on any atom is 0.223 e. The van der Waals surface area contributed by atoms with Gasteiger partial charge in [0.15, 0.2) is 11.5 Å². The molecular weight excluding hydrogens is 537 g/mol. The highest BCUT2D eigenvalue weighted by Gasteiger charge is 2.19. The summed E-state index contributed by atoms with van der Waals surface area (Å²) in [6.45, 7) is 1.20. The summed E-state index contributed by atoms with van der Waals surface area (Å²) in [5.41, 5.74) is 1.29. The third-order valence-corrected chi connectivity index (χ3v) is 5.51. The van der Waals surface area contributed by atoms with E-state index in [9.17, 15) is 15.0 Å². The summed E-state index contributed by atoms with van der Waals surface area (Å²) in [6.07, 6.45) is 0.495. The standard InChI is InChI=1S/C22H25ClINO6/c1-29-16-5-3-14(4-6-16)12-31-13-15(24)9-10-25-20(27)11-18(26)17-7-8-19(30-2)22(28)21(17)23/h3-9,18,26,28H,10-13H2,1-2H3,(H,25,27)/b15-9+/t18-/m1/s1. The van der Waals surface area contributed by atoms with Crippen LogP contribution < -0.4 is 14.8 Å². The Kier molecular flexibility index (Phi) is 10.4. The topological polar surface area (TPSA) is 97.3 Å². The average molecular weight is 562 g/mol. The Morgan fingerprint density at radius 2 is 1.90 bits per heavy atom. The van der Waals surface area contributed by atoms with Crippen LogP contribution in [0.4, 0.5) is 0 Å². The van der Waals surface area contributed by atoms with Crippen LogP contribution in [0.3, 0.4) is 0 Å². The minimum atomic E-state index is -1.15. The second-order valence-electron chi connectivity index (χ2n) is 6.54. The first kappa shape index (κ1) is 25.3. The molecule has 0 aliphatic carbocycles. The molecule has 168 valence electrons. The molecule has 0 aliphatic rings. The van der Waals surface area contributed by atoms with E-state index in [2.05, 4.69) is 27.9 Å². The Morgan fingerprint density at radius 1 is 1.19 bits per heavy atom. The van der Waals surface area contributed by atoms with Gasteiger partial charge < -0.3 is 29.7 Å². The molecule has 2 aromatic rings. The first-order valence-corrected chi connectivity index (χ1v) is 10.9. The Bertz CT molecular complexity index is 904. The molecule has 0 fully saturated rings. The fourth-order valence-electron chi connectivity index (χ4n) is 2.66. The molecule has 0 saturated carbocycles. The zero-order chi connectivity index (χ0) is 22.8. The number of rotatable bonds is 11. The number of methoxy groups -OCH3 is 2. The number of benzene rings is 2. The molecule has 0 spiro atoms. The van der Waals surface area contributed by atoms with Crippen LogP contribution in [-0.4, -0.2) is 43.5 Å². The van der Waals surface area contributed by atoms with Crippen molar-refractivity contribution in [3.05, 3.63) is 62.2 Å². The molecule has 2 aromatic carbocycles. The van der Waals surface area contributed by atoms with Gasteiger partial charge in [-0.15, -0.1) is 0 Å². The van der Waals surface area contributed by atoms with Crippen LogP contribution in [0.25, 0.3) is 0 Å². The van der Waals surface area contributed by atoms with Crippen molar-refractivity contribution >= 4 is 40.1 Å². The molecule has 0 radical (unpaired) electrons.